The number of likely N-dealkylation sites (N-methyl/N-ethyl adjacent to an activating group) is 1. The summed E-state index contributed by atoms with van der Waals surface area (Å²) in [5, 5.41) is 18.2. The Hall–Kier alpha value is -3.17. The zero-order chi connectivity index (χ0) is 19.0. The molecule has 4 rings (SSSR count). The lowest BCUT2D eigenvalue weighted by molar-refractivity contribution is -0.123. The van der Waals surface area contributed by atoms with Crippen LogP contribution >= 0.6 is 0 Å². The van der Waals surface area contributed by atoms with Crippen molar-refractivity contribution in [2.45, 2.75) is 38.8 Å². The first-order valence-electron chi connectivity index (χ1n) is 9.07. The highest BCUT2D eigenvalue weighted by Gasteiger charge is 2.28. The molecule has 1 fully saturated rings. The van der Waals surface area contributed by atoms with Gasteiger partial charge in [-0.1, -0.05) is 5.21 Å². The molecule has 2 unspecified atom stereocenters. The standard InChI is InChI=1S/C17H23N9O/c1-9(11-4-5-11)20-15-12-6-7-19-14(12)22-17(23-15)21-13-8-26(25-24-13)10(2)16(27)18-3/h6-11H,4-5H2,1-3H3,(H,18,27)(H3,19,20,21,22,23). The molecule has 4 N–H and O–H groups in total. The summed E-state index contributed by atoms with van der Waals surface area (Å²) in [4.78, 5) is 24.0. The van der Waals surface area contributed by atoms with E-state index in [9.17, 15) is 4.79 Å². The van der Waals surface area contributed by atoms with Gasteiger partial charge in [-0.05, 0) is 38.7 Å². The second kappa shape index (κ2) is 6.86. The molecule has 0 saturated heterocycles. The van der Waals surface area contributed by atoms with E-state index >= 15 is 0 Å². The normalized spacial score (nSPS) is 16.1. The molecule has 0 aliphatic heterocycles. The molecule has 142 valence electrons. The summed E-state index contributed by atoms with van der Waals surface area (Å²) in [6, 6.07) is 1.86. The van der Waals surface area contributed by atoms with Gasteiger partial charge in [-0.3, -0.25) is 4.79 Å². The van der Waals surface area contributed by atoms with E-state index in [2.05, 4.69) is 48.1 Å². The lowest BCUT2D eigenvalue weighted by atomic mass is 10.2. The molecule has 2 atom stereocenters. The van der Waals surface area contributed by atoms with Crippen LogP contribution in [0.3, 0.4) is 0 Å². The van der Waals surface area contributed by atoms with Gasteiger partial charge < -0.3 is 20.9 Å². The first-order valence-corrected chi connectivity index (χ1v) is 9.07. The van der Waals surface area contributed by atoms with Crippen LogP contribution in [0, 0.1) is 5.92 Å². The van der Waals surface area contributed by atoms with Gasteiger partial charge in [0.05, 0.1) is 11.6 Å². The van der Waals surface area contributed by atoms with E-state index in [1.165, 1.54) is 17.5 Å². The molecule has 1 amide bonds. The fourth-order valence-electron chi connectivity index (χ4n) is 3.00. The molecule has 3 aromatic heterocycles. The van der Waals surface area contributed by atoms with Crippen LogP contribution in [-0.4, -0.2) is 48.9 Å². The molecule has 3 heterocycles. The molecule has 10 heteroatoms. The van der Waals surface area contributed by atoms with Crippen molar-refractivity contribution in [1.29, 1.82) is 0 Å². The number of hydrogen-bond donors (Lipinski definition) is 4. The van der Waals surface area contributed by atoms with E-state index in [4.69, 9.17) is 0 Å². The molecule has 1 aliphatic carbocycles. The zero-order valence-electron chi connectivity index (χ0n) is 15.5. The molecule has 0 aromatic carbocycles. The minimum atomic E-state index is -0.457. The summed E-state index contributed by atoms with van der Waals surface area (Å²) >= 11 is 0. The van der Waals surface area contributed by atoms with Gasteiger partial charge in [-0.15, -0.1) is 5.10 Å². The number of hydrogen-bond acceptors (Lipinski definition) is 7. The molecule has 1 saturated carbocycles. The van der Waals surface area contributed by atoms with Crippen molar-refractivity contribution >= 4 is 34.5 Å². The molecule has 27 heavy (non-hydrogen) atoms. The summed E-state index contributed by atoms with van der Waals surface area (Å²) < 4.78 is 1.49. The second-order valence-corrected chi connectivity index (χ2v) is 6.91. The van der Waals surface area contributed by atoms with Crippen LogP contribution in [0.2, 0.25) is 0 Å². The number of carbonyl (C=O) groups is 1. The summed E-state index contributed by atoms with van der Waals surface area (Å²) in [6.07, 6.45) is 6.01. The molecule has 3 aromatic rings. The number of amides is 1. The van der Waals surface area contributed by atoms with E-state index in [1.807, 2.05) is 12.3 Å². The number of H-pyrrole nitrogens is 1. The fraction of sp³-hybridized carbons (Fsp3) is 0.471. The lowest BCUT2D eigenvalue weighted by Gasteiger charge is -2.15. The van der Waals surface area contributed by atoms with Crippen molar-refractivity contribution in [2.75, 3.05) is 17.7 Å². The van der Waals surface area contributed by atoms with Crippen molar-refractivity contribution in [1.82, 2.24) is 35.3 Å². The van der Waals surface area contributed by atoms with Crippen LogP contribution in [0.15, 0.2) is 18.5 Å². The first-order chi connectivity index (χ1) is 13.0. The second-order valence-electron chi connectivity index (χ2n) is 6.91. The van der Waals surface area contributed by atoms with Gasteiger partial charge in [0.25, 0.3) is 0 Å². The molecule has 0 radical (unpaired) electrons. The van der Waals surface area contributed by atoms with Crippen LogP contribution in [0.1, 0.15) is 32.7 Å². The van der Waals surface area contributed by atoms with Crippen molar-refractivity contribution < 1.29 is 4.79 Å². The van der Waals surface area contributed by atoms with Gasteiger partial charge in [0.15, 0.2) is 5.82 Å². The average molecular weight is 369 g/mol. The van der Waals surface area contributed by atoms with E-state index in [0.717, 1.165) is 16.9 Å². The number of fused-ring (bicyclic) bond motifs is 1. The largest absolute Gasteiger partial charge is 0.367 e. The van der Waals surface area contributed by atoms with E-state index < -0.39 is 6.04 Å². The highest BCUT2D eigenvalue weighted by atomic mass is 16.2. The average Bonchev–Trinajstić information content (AvgIpc) is 3.24. The van der Waals surface area contributed by atoms with Gasteiger partial charge in [-0.2, -0.15) is 9.97 Å². The van der Waals surface area contributed by atoms with Gasteiger partial charge in [0.2, 0.25) is 11.9 Å². The van der Waals surface area contributed by atoms with Crippen LogP contribution in [0.25, 0.3) is 11.0 Å². The minimum Gasteiger partial charge on any atom is -0.367 e. The summed E-state index contributed by atoms with van der Waals surface area (Å²) in [6.45, 7) is 3.93. The van der Waals surface area contributed by atoms with E-state index in [1.54, 1.807) is 20.2 Å². The van der Waals surface area contributed by atoms with E-state index in [0.29, 0.717) is 23.7 Å². The molecule has 10 nitrogen and oxygen atoms in total. The third-order valence-electron chi connectivity index (χ3n) is 4.88. The quantitative estimate of drug-likeness (QED) is 0.500. The van der Waals surface area contributed by atoms with Crippen LogP contribution in [0.5, 0.6) is 0 Å². The summed E-state index contributed by atoms with van der Waals surface area (Å²) in [5.74, 6) is 2.23. The predicted octanol–water partition coefficient (Wildman–Crippen LogP) is 1.81. The van der Waals surface area contributed by atoms with Crippen molar-refractivity contribution in [3.05, 3.63) is 18.5 Å². The van der Waals surface area contributed by atoms with Gasteiger partial charge >= 0.3 is 0 Å². The van der Waals surface area contributed by atoms with Crippen molar-refractivity contribution in [3.63, 3.8) is 0 Å². The van der Waals surface area contributed by atoms with Crippen LogP contribution in [-0.2, 0) is 4.79 Å². The Balaban J connectivity index is 1.57. The zero-order valence-corrected chi connectivity index (χ0v) is 15.5. The maximum absolute atomic E-state index is 11.7. The maximum Gasteiger partial charge on any atom is 0.244 e. The highest BCUT2D eigenvalue weighted by Crippen LogP contribution is 2.34. The van der Waals surface area contributed by atoms with Gasteiger partial charge in [-0.25, -0.2) is 4.68 Å². The number of rotatable bonds is 7. The summed E-state index contributed by atoms with van der Waals surface area (Å²) in [5.41, 5.74) is 0.740. The topological polar surface area (TPSA) is 125 Å². The smallest absolute Gasteiger partial charge is 0.244 e. The Bertz CT molecular complexity index is 958. The first kappa shape index (κ1) is 17.3. The molecular weight excluding hydrogens is 346 g/mol. The monoisotopic (exact) mass is 369 g/mol. The Morgan fingerprint density at radius 3 is 2.89 bits per heavy atom. The third-order valence-corrected chi connectivity index (χ3v) is 4.88. The van der Waals surface area contributed by atoms with Gasteiger partial charge in [0.1, 0.15) is 17.5 Å². The third kappa shape index (κ3) is 3.55. The lowest BCUT2D eigenvalue weighted by Crippen LogP contribution is -2.28. The van der Waals surface area contributed by atoms with Crippen molar-refractivity contribution in [2.24, 2.45) is 5.92 Å². The number of aromatic nitrogens is 6. The van der Waals surface area contributed by atoms with E-state index in [-0.39, 0.29) is 5.91 Å². The SMILES string of the molecule is CNC(=O)C(C)n1cc(Nc2nc(NC(C)C3CC3)c3cc[nH]c3n2)nn1. The van der Waals surface area contributed by atoms with Crippen LogP contribution in [0.4, 0.5) is 17.6 Å². The fourth-order valence-corrected chi connectivity index (χ4v) is 3.00. The van der Waals surface area contributed by atoms with Gasteiger partial charge in [0, 0.05) is 19.3 Å². The molecule has 0 spiro atoms. The van der Waals surface area contributed by atoms with Crippen molar-refractivity contribution in [3.8, 4) is 0 Å². The number of nitrogens with zero attached hydrogens (tertiary/aromatic N) is 5. The number of carbonyl (C=O) groups excluding carboxylic acids is 1. The Labute approximate surface area is 156 Å². The number of anilines is 3. The predicted molar refractivity (Wildman–Crippen MR) is 102 cm³/mol. The van der Waals surface area contributed by atoms with Crippen LogP contribution < -0.4 is 16.0 Å². The number of aromatic amines is 1. The highest BCUT2D eigenvalue weighted by molar-refractivity contribution is 5.88. The minimum absolute atomic E-state index is 0.143. The Morgan fingerprint density at radius 2 is 2.15 bits per heavy atom. The molecular formula is C17H23N9O. The molecule has 1 aliphatic rings. The Kier molecular flexibility index (Phi) is 4.38. The maximum atomic E-state index is 11.7. The number of nitrogens with one attached hydrogen (secondary N) is 4. The summed E-state index contributed by atoms with van der Waals surface area (Å²) in [7, 11) is 1.59. The Morgan fingerprint density at radius 1 is 1.33 bits per heavy atom. The molecule has 0 bridgehead atoms.